The smallest absolute Gasteiger partial charge is 0.334 e. The lowest BCUT2D eigenvalue weighted by atomic mass is 9.97. The summed E-state index contributed by atoms with van der Waals surface area (Å²) >= 11 is 5.98. The highest BCUT2D eigenvalue weighted by Gasteiger charge is 2.25. The Morgan fingerprint density at radius 1 is 1.10 bits per heavy atom. The molecule has 0 N–H and O–H groups in total. The van der Waals surface area contributed by atoms with E-state index in [0.717, 1.165) is 54.3 Å². The Balaban J connectivity index is 1.28. The minimum absolute atomic E-state index is 0.0316. The number of aromatic nitrogens is 3. The third-order valence-corrected chi connectivity index (χ3v) is 6.07. The van der Waals surface area contributed by atoms with Gasteiger partial charge in [-0.15, -0.1) is 0 Å². The second kappa shape index (κ2) is 7.78. The van der Waals surface area contributed by atoms with Gasteiger partial charge < -0.3 is 4.42 Å². The van der Waals surface area contributed by atoms with Crippen LogP contribution in [0.2, 0.25) is 5.02 Å². The number of fused-ring (bicyclic) bond motifs is 1. The Labute approximate surface area is 179 Å². The highest BCUT2D eigenvalue weighted by atomic mass is 35.5. The largest absolute Gasteiger partial charge is 0.440 e. The second-order valence-corrected chi connectivity index (χ2v) is 8.32. The van der Waals surface area contributed by atoms with Crippen molar-refractivity contribution in [3.8, 4) is 5.69 Å². The third kappa shape index (κ3) is 3.57. The Morgan fingerprint density at radius 2 is 1.83 bits per heavy atom. The zero-order valence-corrected chi connectivity index (χ0v) is 17.5. The van der Waals surface area contributed by atoms with Crippen molar-refractivity contribution in [3.05, 3.63) is 81.8 Å². The van der Waals surface area contributed by atoms with Crippen LogP contribution in [0.25, 0.3) is 16.8 Å². The molecule has 0 spiro atoms. The number of aryl methyl sites for hydroxylation is 1. The molecular formula is C23H23ClN4O2. The van der Waals surface area contributed by atoms with Crippen molar-refractivity contribution in [1.82, 2.24) is 19.0 Å². The number of hydrogen-bond donors (Lipinski definition) is 0. The summed E-state index contributed by atoms with van der Waals surface area (Å²) in [5.41, 5.74) is 3.47. The molecule has 1 fully saturated rings. The molecule has 0 atom stereocenters. The highest BCUT2D eigenvalue weighted by molar-refractivity contribution is 6.30. The van der Waals surface area contributed by atoms with E-state index in [1.165, 1.54) is 0 Å². The maximum atomic E-state index is 13.0. The highest BCUT2D eigenvalue weighted by Crippen LogP contribution is 2.30. The molecule has 2 aromatic carbocycles. The molecule has 2 aromatic heterocycles. The maximum absolute atomic E-state index is 13.0. The molecule has 0 radical (unpaired) electrons. The predicted molar refractivity (Wildman–Crippen MR) is 117 cm³/mol. The van der Waals surface area contributed by atoms with Crippen LogP contribution in [0.4, 0.5) is 0 Å². The first-order valence-electron chi connectivity index (χ1n) is 10.2. The van der Waals surface area contributed by atoms with E-state index in [1.54, 1.807) is 21.3 Å². The minimum atomic E-state index is -0.0316. The summed E-state index contributed by atoms with van der Waals surface area (Å²) in [6.45, 7) is 4.34. The standard InChI is InChI=1S/C23H23ClN4O2/c1-16-14-27(23(29)28(16)19-8-6-18(24)7-9-19)15-26-12-10-17(11-13-26)22-25-20-4-2-3-5-21(20)30-22/h2-9,14,17H,10-13,15H2,1H3. The SMILES string of the molecule is Cc1cn(CN2CCC(c3nc4ccccc4o3)CC2)c(=O)n1-c1ccc(Cl)cc1. The van der Waals surface area contributed by atoms with Crippen molar-refractivity contribution in [2.75, 3.05) is 13.1 Å². The fourth-order valence-corrected chi connectivity index (χ4v) is 4.35. The number of halogens is 1. The molecule has 0 bridgehead atoms. The zero-order valence-electron chi connectivity index (χ0n) is 16.8. The van der Waals surface area contributed by atoms with Crippen LogP contribution in [-0.4, -0.2) is 32.1 Å². The van der Waals surface area contributed by atoms with Gasteiger partial charge in [0.15, 0.2) is 11.5 Å². The van der Waals surface area contributed by atoms with E-state index >= 15 is 0 Å². The molecule has 0 aliphatic carbocycles. The summed E-state index contributed by atoms with van der Waals surface area (Å²) in [6.07, 6.45) is 3.86. The summed E-state index contributed by atoms with van der Waals surface area (Å²) < 4.78 is 9.46. The van der Waals surface area contributed by atoms with Gasteiger partial charge in [0.25, 0.3) is 0 Å². The number of rotatable bonds is 4. The number of likely N-dealkylation sites (tertiary alicyclic amines) is 1. The Morgan fingerprint density at radius 3 is 2.57 bits per heavy atom. The Kier molecular flexibility index (Phi) is 4.97. The summed E-state index contributed by atoms with van der Waals surface area (Å²) in [7, 11) is 0. The number of para-hydroxylation sites is 2. The fraction of sp³-hybridized carbons (Fsp3) is 0.304. The van der Waals surface area contributed by atoms with E-state index in [4.69, 9.17) is 16.0 Å². The quantitative estimate of drug-likeness (QED) is 0.483. The minimum Gasteiger partial charge on any atom is -0.440 e. The van der Waals surface area contributed by atoms with Gasteiger partial charge in [-0.25, -0.2) is 9.78 Å². The zero-order chi connectivity index (χ0) is 20.7. The van der Waals surface area contributed by atoms with Crippen molar-refractivity contribution in [2.24, 2.45) is 0 Å². The van der Waals surface area contributed by atoms with E-state index < -0.39 is 0 Å². The summed E-state index contributed by atoms with van der Waals surface area (Å²) in [4.78, 5) is 19.9. The van der Waals surface area contributed by atoms with Gasteiger partial charge in [0.1, 0.15) is 5.52 Å². The first kappa shape index (κ1) is 19.2. The van der Waals surface area contributed by atoms with Crippen LogP contribution in [-0.2, 0) is 6.67 Å². The van der Waals surface area contributed by atoms with Crippen LogP contribution in [0, 0.1) is 6.92 Å². The topological polar surface area (TPSA) is 56.2 Å². The summed E-state index contributed by atoms with van der Waals surface area (Å²) in [5, 5.41) is 0.658. The maximum Gasteiger partial charge on any atom is 0.334 e. The lowest BCUT2D eigenvalue weighted by Gasteiger charge is -2.30. The van der Waals surface area contributed by atoms with Gasteiger partial charge in [0.2, 0.25) is 0 Å². The van der Waals surface area contributed by atoms with E-state index in [1.807, 2.05) is 49.5 Å². The molecule has 0 saturated carbocycles. The van der Waals surface area contributed by atoms with E-state index in [2.05, 4.69) is 9.88 Å². The average molecular weight is 423 g/mol. The molecular weight excluding hydrogens is 400 g/mol. The second-order valence-electron chi connectivity index (χ2n) is 7.89. The number of imidazole rings is 1. The lowest BCUT2D eigenvalue weighted by molar-refractivity contribution is 0.159. The lowest BCUT2D eigenvalue weighted by Crippen LogP contribution is -2.37. The van der Waals surface area contributed by atoms with Crippen molar-refractivity contribution in [1.29, 1.82) is 0 Å². The van der Waals surface area contributed by atoms with Gasteiger partial charge >= 0.3 is 5.69 Å². The summed E-state index contributed by atoms with van der Waals surface area (Å²) in [5.74, 6) is 1.16. The number of oxazole rings is 1. The van der Waals surface area contributed by atoms with Crippen molar-refractivity contribution in [2.45, 2.75) is 32.4 Å². The number of hydrogen-bond acceptors (Lipinski definition) is 4. The van der Waals surface area contributed by atoms with Crippen LogP contribution < -0.4 is 5.69 Å². The van der Waals surface area contributed by atoms with Gasteiger partial charge in [0, 0.05) is 35.9 Å². The molecule has 154 valence electrons. The molecule has 7 heteroatoms. The van der Waals surface area contributed by atoms with Crippen LogP contribution >= 0.6 is 11.6 Å². The van der Waals surface area contributed by atoms with Crippen LogP contribution in [0.3, 0.4) is 0 Å². The average Bonchev–Trinajstić information content (AvgIpc) is 3.30. The Bertz CT molecular complexity index is 1200. The number of nitrogens with zero attached hydrogens (tertiary/aromatic N) is 4. The van der Waals surface area contributed by atoms with Crippen LogP contribution in [0.1, 0.15) is 30.3 Å². The monoisotopic (exact) mass is 422 g/mol. The third-order valence-electron chi connectivity index (χ3n) is 5.82. The van der Waals surface area contributed by atoms with Gasteiger partial charge in [0.05, 0.1) is 12.4 Å². The fourth-order valence-electron chi connectivity index (χ4n) is 4.22. The number of benzene rings is 2. The van der Waals surface area contributed by atoms with E-state index in [-0.39, 0.29) is 5.69 Å². The molecule has 6 nitrogen and oxygen atoms in total. The molecule has 3 heterocycles. The summed E-state index contributed by atoms with van der Waals surface area (Å²) in [6, 6.07) is 15.2. The van der Waals surface area contributed by atoms with Crippen molar-refractivity contribution < 1.29 is 4.42 Å². The van der Waals surface area contributed by atoms with E-state index in [0.29, 0.717) is 17.6 Å². The molecule has 4 aromatic rings. The molecule has 30 heavy (non-hydrogen) atoms. The van der Waals surface area contributed by atoms with Crippen molar-refractivity contribution >= 4 is 22.7 Å². The number of piperidine rings is 1. The first-order chi connectivity index (χ1) is 14.6. The van der Waals surface area contributed by atoms with Gasteiger partial charge in [-0.3, -0.25) is 14.0 Å². The molecule has 0 amide bonds. The van der Waals surface area contributed by atoms with E-state index in [9.17, 15) is 4.79 Å². The molecule has 0 unspecified atom stereocenters. The van der Waals surface area contributed by atoms with Gasteiger partial charge in [-0.05, 0) is 56.2 Å². The molecule has 1 aliphatic rings. The molecule has 5 rings (SSSR count). The first-order valence-corrected chi connectivity index (χ1v) is 10.6. The van der Waals surface area contributed by atoms with Crippen LogP contribution in [0.5, 0.6) is 0 Å². The van der Waals surface area contributed by atoms with Gasteiger partial charge in [-0.2, -0.15) is 0 Å². The normalized spacial score (nSPS) is 15.8. The molecule has 1 aliphatic heterocycles. The molecule has 1 saturated heterocycles. The van der Waals surface area contributed by atoms with Gasteiger partial charge in [-0.1, -0.05) is 23.7 Å². The van der Waals surface area contributed by atoms with Crippen LogP contribution in [0.15, 0.2) is 63.9 Å². The Hall–Kier alpha value is -2.83. The van der Waals surface area contributed by atoms with Crippen molar-refractivity contribution in [3.63, 3.8) is 0 Å². The predicted octanol–water partition coefficient (Wildman–Crippen LogP) is 4.58.